The van der Waals surface area contributed by atoms with Crippen LogP contribution in [0.2, 0.25) is 0 Å². The summed E-state index contributed by atoms with van der Waals surface area (Å²) in [5.41, 5.74) is -0.376. The van der Waals surface area contributed by atoms with Crippen molar-refractivity contribution in [1.29, 1.82) is 0 Å². The fraction of sp³-hybridized carbons (Fsp3) is 0.625. The summed E-state index contributed by atoms with van der Waals surface area (Å²) >= 11 is 1.74. The van der Waals surface area contributed by atoms with Crippen molar-refractivity contribution in [3.63, 3.8) is 0 Å². The molecule has 0 aliphatic heterocycles. The molecule has 0 radical (unpaired) electrons. The van der Waals surface area contributed by atoms with Gasteiger partial charge >= 0.3 is 11.8 Å². The second kappa shape index (κ2) is 6.18. The number of thiophene rings is 1. The van der Waals surface area contributed by atoms with Gasteiger partial charge in [-0.15, -0.1) is 11.3 Å². The lowest BCUT2D eigenvalue weighted by atomic mass is 9.84. The van der Waals surface area contributed by atoms with Crippen molar-refractivity contribution < 1.29 is 9.59 Å². The first-order valence-electron chi connectivity index (χ1n) is 7.47. The van der Waals surface area contributed by atoms with E-state index in [1.165, 1.54) is 17.7 Å². The van der Waals surface area contributed by atoms with Crippen molar-refractivity contribution in [3.8, 4) is 0 Å². The molecular weight excluding hydrogens is 284 g/mol. The Hall–Kier alpha value is -1.36. The van der Waals surface area contributed by atoms with Gasteiger partial charge in [-0.05, 0) is 45.1 Å². The van der Waals surface area contributed by atoms with E-state index in [1.807, 2.05) is 26.8 Å². The number of rotatable bonds is 3. The Labute approximate surface area is 130 Å². The van der Waals surface area contributed by atoms with Gasteiger partial charge in [-0.3, -0.25) is 9.59 Å². The number of amides is 2. The fourth-order valence-electron chi connectivity index (χ4n) is 2.87. The highest BCUT2D eigenvalue weighted by molar-refractivity contribution is 7.10. The predicted octanol–water partition coefficient (Wildman–Crippen LogP) is 2.59. The lowest BCUT2D eigenvalue weighted by Crippen LogP contribution is -2.50. The molecule has 1 aromatic rings. The lowest BCUT2D eigenvalue weighted by molar-refractivity contribution is -0.140. The summed E-state index contributed by atoms with van der Waals surface area (Å²) < 4.78 is 0. The molecule has 0 aromatic carbocycles. The molecule has 1 fully saturated rings. The summed E-state index contributed by atoms with van der Waals surface area (Å²) in [6, 6.07) is 4.19. The van der Waals surface area contributed by atoms with Gasteiger partial charge in [-0.25, -0.2) is 0 Å². The Morgan fingerprint density at radius 2 is 1.90 bits per heavy atom. The van der Waals surface area contributed by atoms with E-state index in [4.69, 9.17) is 0 Å². The van der Waals surface area contributed by atoms with Crippen LogP contribution >= 0.6 is 11.3 Å². The van der Waals surface area contributed by atoms with Gasteiger partial charge in [-0.2, -0.15) is 0 Å². The third-order valence-electron chi connectivity index (χ3n) is 3.89. The quantitative estimate of drug-likeness (QED) is 0.843. The van der Waals surface area contributed by atoms with E-state index in [0.717, 1.165) is 12.8 Å². The van der Waals surface area contributed by atoms with Crippen molar-refractivity contribution in [1.82, 2.24) is 10.6 Å². The Morgan fingerprint density at radius 3 is 2.43 bits per heavy atom. The number of hydrogen-bond acceptors (Lipinski definition) is 3. The van der Waals surface area contributed by atoms with Gasteiger partial charge in [0.05, 0.1) is 0 Å². The van der Waals surface area contributed by atoms with Crippen LogP contribution in [0.15, 0.2) is 17.5 Å². The van der Waals surface area contributed by atoms with Gasteiger partial charge in [0.15, 0.2) is 0 Å². The van der Waals surface area contributed by atoms with Gasteiger partial charge in [0.1, 0.15) is 0 Å². The SMILES string of the molecule is CC(C)(C)NC(=O)C(=O)NCC1(c2cccs2)CCCC1. The van der Waals surface area contributed by atoms with Crippen LogP contribution in [0.4, 0.5) is 0 Å². The molecule has 1 heterocycles. The lowest BCUT2D eigenvalue weighted by Gasteiger charge is -2.28. The maximum absolute atomic E-state index is 12.0. The molecule has 4 nitrogen and oxygen atoms in total. The summed E-state index contributed by atoms with van der Waals surface area (Å²) in [6.07, 6.45) is 4.52. The summed E-state index contributed by atoms with van der Waals surface area (Å²) in [7, 11) is 0. The van der Waals surface area contributed by atoms with Crippen LogP contribution in [0.25, 0.3) is 0 Å². The summed E-state index contributed by atoms with van der Waals surface area (Å²) in [4.78, 5) is 25.1. The third kappa shape index (κ3) is 4.06. The normalized spacial score (nSPS) is 17.5. The second-order valence-corrected chi connectivity index (χ2v) is 7.80. The van der Waals surface area contributed by atoms with Crippen molar-refractivity contribution in [2.75, 3.05) is 6.54 Å². The van der Waals surface area contributed by atoms with Crippen LogP contribution < -0.4 is 10.6 Å². The number of nitrogens with one attached hydrogen (secondary N) is 2. The zero-order valence-corrected chi connectivity index (χ0v) is 13.8. The topological polar surface area (TPSA) is 58.2 Å². The molecule has 0 unspecified atom stereocenters. The Bertz CT molecular complexity index is 497. The average Bonchev–Trinajstić information content (AvgIpc) is 3.05. The molecule has 1 aliphatic carbocycles. The van der Waals surface area contributed by atoms with Gasteiger partial charge in [0.25, 0.3) is 0 Å². The average molecular weight is 308 g/mol. The van der Waals surface area contributed by atoms with E-state index < -0.39 is 17.4 Å². The molecule has 0 atom stereocenters. The summed E-state index contributed by atoms with van der Waals surface area (Å²) in [6.45, 7) is 6.14. The van der Waals surface area contributed by atoms with E-state index >= 15 is 0 Å². The van der Waals surface area contributed by atoms with E-state index in [0.29, 0.717) is 6.54 Å². The molecule has 1 saturated carbocycles. The van der Waals surface area contributed by atoms with Crippen LogP contribution in [0.1, 0.15) is 51.3 Å². The third-order valence-corrected chi connectivity index (χ3v) is 5.00. The zero-order valence-electron chi connectivity index (χ0n) is 13.0. The molecule has 2 amide bonds. The molecule has 5 heteroatoms. The van der Waals surface area contributed by atoms with E-state index in [2.05, 4.69) is 22.1 Å². The Balaban J connectivity index is 1.97. The fourth-order valence-corrected chi connectivity index (χ4v) is 3.86. The standard InChI is InChI=1S/C16H24N2O2S/c1-15(2,3)18-14(20)13(19)17-11-16(8-4-5-9-16)12-7-6-10-21-12/h6-7,10H,4-5,8-9,11H2,1-3H3,(H,17,19)(H,18,20). The molecule has 21 heavy (non-hydrogen) atoms. The molecule has 0 bridgehead atoms. The largest absolute Gasteiger partial charge is 0.347 e. The highest BCUT2D eigenvalue weighted by atomic mass is 32.1. The van der Waals surface area contributed by atoms with Crippen LogP contribution in [-0.4, -0.2) is 23.9 Å². The molecule has 0 saturated heterocycles. The molecule has 1 aliphatic rings. The Morgan fingerprint density at radius 1 is 1.24 bits per heavy atom. The molecule has 2 N–H and O–H groups in total. The monoisotopic (exact) mass is 308 g/mol. The van der Waals surface area contributed by atoms with Crippen LogP contribution in [0.3, 0.4) is 0 Å². The maximum Gasteiger partial charge on any atom is 0.309 e. The highest BCUT2D eigenvalue weighted by Gasteiger charge is 2.37. The molecule has 116 valence electrons. The second-order valence-electron chi connectivity index (χ2n) is 6.85. The smallest absolute Gasteiger partial charge is 0.309 e. The minimum absolute atomic E-state index is 0.0197. The van der Waals surface area contributed by atoms with Gasteiger partial charge in [0, 0.05) is 22.4 Å². The first kappa shape index (κ1) is 16.0. The first-order valence-corrected chi connectivity index (χ1v) is 8.35. The van der Waals surface area contributed by atoms with Crippen molar-refractivity contribution in [2.24, 2.45) is 0 Å². The molecular formula is C16H24N2O2S. The van der Waals surface area contributed by atoms with Crippen molar-refractivity contribution in [2.45, 2.75) is 57.4 Å². The molecule has 2 rings (SSSR count). The minimum atomic E-state index is -0.554. The number of hydrogen-bond donors (Lipinski definition) is 2. The maximum atomic E-state index is 12.0. The van der Waals surface area contributed by atoms with Gasteiger partial charge in [0.2, 0.25) is 0 Å². The van der Waals surface area contributed by atoms with Gasteiger partial charge < -0.3 is 10.6 Å². The summed E-state index contributed by atoms with van der Waals surface area (Å²) in [5.74, 6) is -1.09. The zero-order chi connectivity index (χ0) is 15.5. The van der Waals surface area contributed by atoms with Crippen LogP contribution in [0, 0.1) is 0 Å². The predicted molar refractivity (Wildman–Crippen MR) is 85.4 cm³/mol. The van der Waals surface area contributed by atoms with Crippen LogP contribution in [0.5, 0.6) is 0 Å². The number of carbonyl (C=O) groups is 2. The highest BCUT2D eigenvalue weighted by Crippen LogP contribution is 2.42. The first-order chi connectivity index (χ1) is 9.82. The van der Waals surface area contributed by atoms with E-state index in [9.17, 15) is 9.59 Å². The Kier molecular flexibility index (Phi) is 4.71. The van der Waals surface area contributed by atoms with Crippen molar-refractivity contribution in [3.05, 3.63) is 22.4 Å². The van der Waals surface area contributed by atoms with E-state index in [1.54, 1.807) is 11.3 Å². The molecule has 1 aromatic heterocycles. The van der Waals surface area contributed by atoms with Crippen molar-refractivity contribution >= 4 is 23.2 Å². The van der Waals surface area contributed by atoms with Gasteiger partial charge in [-0.1, -0.05) is 18.9 Å². The molecule has 0 spiro atoms. The minimum Gasteiger partial charge on any atom is -0.347 e. The van der Waals surface area contributed by atoms with E-state index in [-0.39, 0.29) is 5.41 Å². The number of carbonyl (C=O) groups excluding carboxylic acids is 2. The summed E-state index contributed by atoms with van der Waals surface area (Å²) in [5, 5.41) is 7.60. The van der Waals surface area contributed by atoms with Crippen LogP contribution in [-0.2, 0) is 15.0 Å².